The zero-order valence-electron chi connectivity index (χ0n) is 9.16. The SMILES string of the molecule is CC(N=c1nccnn1O)c1ccc(F)cc1. The van der Waals surface area contributed by atoms with Crippen LogP contribution in [-0.2, 0) is 0 Å². The maximum absolute atomic E-state index is 12.7. The fraction of sp³-hybridized carbons (Fsp3) is 0.182. The normalized spacial score (nSPS) is 13.6. The second-order valence-corrected chi connectivity index (χ2v) is 3.49. The summed E-state index contributed by atoms with van der Waals surface area (Å²) in [4.78, 5) is 8.64. The summed E-state index contributed by atoms with van der Waals surface area (Å²) in [7, 11) is 0. The Morgan fingerprint density at radius 3 is 2.65 bits per heavy atom. The van der Waals surface area contributed by atoms with Crippen molar-refractivity contribution in [2.24, 2.45) is 4.99 Å². The first-order valence-corrected chi connectivity index (χ1v) is 5.06. The number of halogens is 1. The number of hydrogen-bond donors (Lipinski definition) is 1. The van der Waals surface area contributed by atoms with Crippen molar-refractivity contribution in [3.05, 3.63) is 53.7 Å². The summed E-state index contributed by atoms with van der Waals surface area (Å²) in [6.45, 7) is 1.82. The van der Waals surface area contributed by atoms with Crippen molar-refractivity contribution in [3.8, 4) is 0 Å². The van der Waals surface area contributed by atoms with E-state index >= 15 is 0 Å². The molecule has 1 heterocycles. The van der Waals surface area contributed by atoms with E-state index in [0.717, 1.165) is 5.56 Å². The Kier molecular flexibility index (Phi) is 3.13. The third-order valence-electron chi connectivity index (χ3n) is 2.27. The lowest BCUT2D eigenvalue weighted by molar-refractivity contribution is 0.125. The largest absolute Gasteiger partial charge is 0.409 e. The zero-order valence-corrected chi connectivity index (χ0v) is 9.16. The highest BCUT2D eigenvalue weighted by molar-refractivity contribution is 5.19. The summed E-state index contributed by atoms with van der Waals surface area (Å²) in [5.74, 6) is -0.294. The van der Waals surface area contributed by atoms with Crippen LogP contribution in [0.5, 0.6) is 0 Å². The first-order chi connectivity index (χ1) is 8.16. The third-order valence-corrected chi connectivity index (χ3v) is 2.27. The summed E-state index contributed by atoms with van der Waals surface area (Å²) in [5.41, 5.74) is 0.932. The Morgan fingerprint density at radius 1 is 1.29 bits per heavy atom. The van der Waals surface area contributed by atoms with Crippen LogP contribution in [-0.4, -0.2) is 20.1 Å². The lowest BCUT2D eigenvalue weighted by Gasteiger charge is -2.05. The van der Waals surface area contributed by atoms with E-state index in [1.165, 1.54) is 24.5 Å². The van der Waals surface area contributed by atoms with Gasteiger partial charge in [-0.1, -0.05) is 17.0 Å². The number of aromatic nitrogens is 3. The molecule has 0 amide bonds. The van der Waals surface area contributed by atoms with Crippen molar-refractivity contribution < 1.29 is 9.60 Å². The molecule has 2 aromatic rings. The lowest BCUT2D eigenvalue weighted by Crippen LogP contribution is -2.24. The van der Waals surface area contributed by atoms with Crippen molar-refractivity contribution in [3.63, 3.8) is 0 Å². The van der Waals surface area contributed by atoms with Gasteiger partial charge >= 0.3 is 0 Å². The topological polar surface area (TPSA) is 63.3 Å². The van der Waals surface area contributed by atoms with Crippen LogP contribution in [0.3, 0.4) is 0 Å². The van der Waals surface area contributed by atoms with Crippen LogP contribution in [0.4, 0.5) is 4.39 Å². The minimum absolute atomic E-state index is 0.101. The van der Waals surface area contributed by atoms with Crippen LogP contribution >= 0.6 is 0 Å². The van der Waals surface area contributed by atoms with Crippen LogP contribution in [0.15, 0.2) is 41.7 Å². The van der Waals surface area contributed by atoms with Crippen LogP contribution < -0.4 is 5.62 Å². The molecule has 17 heavy (non-hydrogen) atoms. The van der Waals surface area contributed by atoms with Gasteiger partial charge in [0.1, 0.15) is 5.82 Å². The van der Waals surface area contributed by atoms with Gasteiger partial charge in [0, 0.05) is 0 Å². The molecule has 1 unspecified atom stereocenters. The molecule has 6 heteroatoms. The van der Waals surface area contributed by atoms with Gasteiger partial charge in [0.25, 0.3) is 5.62 Å². The van der Waals surface area contributed by atoms with Crippen molar-refractivity contribution in [1.82, 2.24) is 14.9 Å². The first-order valence-electron chi connectivity index (χ1n) is 5.06. The van der Waals surface area contributed by atoms with Gasteiger partial charge in [-0.15, -0.1) is 5.10 Å². The Morgan fingerprint density at radius 2 is 2.00 bits per heavy atom. The van der Waals surface area contributed by atoms with Gasteiger partial charge in [0.05, 0.1) is 18.4 Å². The zero-order chi connectivity index (χ0) is 12.3. The summed E-state index contributed by atoms with van der Waals surface area (Å²) in [5, 5.41) is 12.9. The molecule has 0 bridgehead atoms. The van der Waals surface area contributed by atoms with Gasteiger partial charge in [-0.25, -0.2) is 14.4 Å². The molecule has 0 spiro atoms. The number of nitrogens with zero attached hydrogens (tertiary/aromatic N) is 4. The summed E-state index contributed by atoms with van der Waals surface area (Å²) >= 11 is 0. The van der Waals surface area contributed by atoms with E-state index in [4.69, 9.17) is 0 Å². The predicted octanol–water partition coefficient (Wildman–Crippen LogP) is 1.32. The van der Waals surface area contributed by atoms with Crippen LogP contribution in [0.25, 0.3) is 0 Å². The molecule has 0 radical (unpaired) electrons. The van der Waals surface area contributed by atoms with Gasteiger partial charge in [-0.05, 0) is 24.6 Å². The molecule has 1 aromatic heterocycles. The molecule has 1 N–H and O–H groups in total. The minimum Gasteiger partial charge on any atom is -0.409 e. The van der Waals surface area contributed by atoms with Crippen LogP contribution in [0, 0.1) is 5.82 Å². The average Bonchev–Trinajstić information content (AvgIpc) is 2.33. The third kappa shape index (κ3) is 2.66. The Balaban J connectivity index is 2.33. The van der Waals surface area contributed by atoms with Crippen molar-refractivity contribution >= 4 is 0 Å². The van der Waals surface area contributed by atoms with Gasteiger partial charge in [0.15, 0.2) is 0 Å². The molecule has 0 aliphatic heterocycles. The second-order valence-electron chi connectivity index (χ2n) is 3.49. The predicted molar refractivity (Wildman–Crippen MR) is 57.6 cm³/mol. The van der Waals surface area contributed by atoms with Crippen molar-refractivity contribution in [2.75, 3.05) is 0 Å². The number of rotatable bonds is 2. The Bertz CT molecular complexity index is 564. The maximum atomic E-state index is 12.7. The van der Waals surface area contributed by atoms with Gasteiger partial charge in [-0.2, -0.15) is 0 Å². The molecular weight excluding hydrogens is 223 g/mol. The van der Waals surface area contributed by atoms with Gasteiger partial charge in [-0.3, -0.25) is 0 Å². The number of hydrogen-bond acceptors (Lipinski definition) is 4. The minimum atomic E-state index is -0.294. The molecule has 0 aliphatic rings. The fourth-order valence-corrected chi connectivity index (χ4v) is 1.37. The summed E-state index contributed by atoms with van der Waals surface area (Å²) in [6.07, 6.45) is 2.78. The highest BCUT2D eigenvalue weighted by atomic mass is 19.1. The van der Waals surface area contributed by atoms with Gasteiger partial charge in [0.2, 0.25) is 0 Å². The van der Waals surface area contributed by atoms with E-state index in [9.17, 15) is 9.60 Å². The highest BCUT2D eigenvalue weighted by Crippen LogP contribution is 2.15. The Labute approximate surface area is 96.9 Å². The molecular formula is C11H11FN4O. The quantitative estimate of drug-likeness (QED) is 0.797. The molecule has 0 aliphatic carbocycles. The number of benzene rings is 1. The molecule has 1 aromatic carbocycles. The fourth-order valence-electron chi connectivity index (χ4n) is 1.37. The molecule has 0 saturated carbocycles. The van der Waals surface area contributed by atoms with Crippen LogP contribution in [0.2, 0.25) is 0 Å². The van der Waals surface area contributed by atoms with E-state index in [2.05, 4.69) is 15.1 Å². The molecule has 0 fully saturated rings. The molecule has 0 saturated heterocycles. The van der Waals surface area contributed by atoms with E-state index < -0.39 is 0 Å². The first kappa shape index (κ1) is 11.3. The van der Waals surface area contributed by atoms with E-state index in [0.29, 0.717) is 4.85 Å². The average molecular weight is 234 g/mol. The van der Waals surface area contributed by atoms with Crippen molar-refractivity contribution in [1.29, 1.82) is 0 Å². The molecule has 2 rings (SSSR count). The second kappa shape index (κ2) is 4.73. The monoisotopic (exact) mass is 234 g/mol. The maximum Gasteiger partial charge on any atom is 0.280 e. The molecule has 1 atom stereocenters. The molecule has 88 valence electrons. The van der Waals surface area contributed by atoms with Crippen molar-refractivity contribution in [2.45, 2.75) is 13.0 Å². The van der Waals surface area contributed by atoms with E-state index in [1.54, 1.807) is 12.1 Å². The standard InChI is InChI=1S/C11H11FN4O/c1-8(9-2-4-10(12)5-3-9)15-11-13-6-7-14-16(11)17/h2-8,17H,1H3. The van der Waals surface area contributed by atoms with Crippen LogP contribution in [0.1, 0.15) is 18.5 Å². The Hall–Kier alpha value is -2.24. The summed E-state index contributed by atoms with van der Waals surface area (Å²) < 4.78 is 12.7. The lowest BCUT2D eigenvalue weighted by atomic mass is 10.1. The smallest absolute Gasteiger partial charge is 0.280 e. The van der Waals surface area contributed by atoms with E-state index in [-0.39, 0.29) is 17.5 Å². The summed E-state index contributed by atoms with van der Waals surface area (Å²) in [6, 6.07) is 5.77. The van der Waals surface area contributed by atoms with E-state index in [1.807, 2.05) is 6.92 Å². The molecule has 5 nitrogen and oxygen atoms in total. The highest BCUT2D eigenvalue weighted by Gasteiger charge is 2.04. The van der Waals surface area contributed by atoms with Gasteiger partial charge < -0.3 is 5.21 Å².